The number of nitrogens with one attached hydrogen (secondary N) is 2. The second-order valence-electron chi connectivity index (χ2n) is 3.86. The van der Waals surface area contributed by atoms with Crippen LogP contribution in [0.15, 0.2) is 35.4 Å². The Morgan fingerprint density at radius 2 is 2.12 bits per heavy atom. The smallest absolute Gasteiger partial charge is 0.263 e. The Balaban J connectivity index is 2.16. The topological polar surface area (TPSA) is 70.6 Å². The summed E-state index contributed by atoms with van der Waals surface area (Å²) in [6.45, 7) is 1.39. The van der Waals surface area contributed by atoms with E-state index in [1.54, 1.807) is 0 Å². The summed E-state index contributed by atoms with van der Waals surface area (Å²) < 4.78 is 0. The number of nitrogens with zero attached hydrogens (tertiary/aromatic N) is 1. The van der Waals surface area contributed by atoms with Gasteiger partial charge < -0.3 is 5.32 Å². The van der Waals surface area contributed by atoms with Crippen LogP contribution in [0.4, 0.5) is 0 Å². The van der Waals surface area contributed by atoms with E-state index in [-0.39, 0.29) is 11.8 Å². The molecule has 2 rings (SSSR count). The lowest BCUT2D eigenvalue weighted by Gasteiger charge is -2.21. The molecule has 1 heterocycles. The molecule has 0 radical (unpaired) electrons. The quantitative estimate of drug-likeness (QED) is 0.774. The van der Waals surface area contributed by atoms with Crippen LogP contribution in [-0.4, -0.2) is 23.6 Å². The van der Waals surface area contributed by atoms with E-state index in [0.717, 1.165) is 11.3 Å². The first kappa shape index (κ1) is 11.3. The van der Waals surface area contributed by atoms with Gasteiger partial charge in [-0.1, -0.05) is 30.3 Å². The van der Waals surface area contributed by atoms with Crippen LogP contribution in [0.1, 0.15) is 18.9 Å². The Labute approximate surface area is 98.9 Å². The molecule has 1 aliphatic rings. The number of carbonyl (C=O) groups is 2. The highest BCUT2D eigenvalue weighted by Crippen LogP contribution is 2.10. The lowest BCUT2D eigenvalue weighted by molar-refractivity contribution is -0.128. The van der Waals surface area contributed by atoms with Gasteiger partial charge in [-0.3, -0.25) is 9.59 Å². The van der Waals surface area contributed by atoms with E-state index in [2.05, 4.69) is 15.8 Å². The lowest BCUT2D eigenvalue weighted by Crippen LogP contribution is -2.49. The highest BCUT2D eigenvalue weighted by Gasteiger charge is 2.25. The van der Waals surface area contributed by atoms with Crippen molar-refractivity contribution in [1.29, 1.82) is 0 Å². The van der Waals surface area contributed by atoms with Gasteiger partial charge in [-0.2, -0.15) is 5.10 Å². The van der Waals surface area contributed by atoms with Gasteiger partial charge in [0.25, 0.3) is 5.91 Å². The molecule has 0 saturated carbocycles. The van der Waals surface area contributed by atoms with E-state index in [9.17, 15) is 9.59 Å². The van der Waals surface area contributed by atoms with Crippen molar-refractivity contribution in [3.05, 3.63) is 35.9 Å². The molecule has 5 nitrogen and oxygen atoms in total. The highest BCUT2D eigenvalue weighted by molar-refractivity contribution is 6.06. The van der Waals surface area contributed by atoms with Crippen molar-refractivity contribution >= 4 is 17.5 Å². The molecule has 0 spiro atoms. The second kappa shape index (κ2) is 4.78. The Bertz CT molecular complexity index is 468. The molecule has 0 saturated heterocycles. The number of amides is 2. The van der Waals surface area contributed by atoms with Crippen LogP contribution in [0, 0.1) is 0 Å². The molecule has 2 amide bonds. The van der Waals surface area contributed by atoms with Crippen molar-refractivity contribution in [2.45, 2.75) is 19.4 Å². The number of benzene rings is 1. The summed E-state index contributed by atoms with van der Waals surface area (Å²) in [5.74, 6) is -0.501. The maximum absolute atomic E-state index is 11.5. The maximum atomic E-state index is 11.5. The number of hydrazone groups is 1. The van der Waals surface area contributed by atoms with Crippen LogP contribution in [0.3, 0.4) is 0 Å². The molecule has 1 aromatic carbocycles. The zero-order valence-electron chi connectivity index (χ0n) is 9.43. The van der Waals surface area contributed by atoms with Crippen molar-refractivity contribution in [1.82, 2.24) is 10.7 Å². The third kappa shape index (κ3) is 2.69. The van der Waals surface area contributed by atoms with E-state index in [1.807, 2.05) is 30.3 Å². The summed E-state index contributed by atoms with van der Waals surface area (Å²) in [6.07, 6.45) is 0.412. The summed E-state index contributed by atoms with van der Waals surface area (Å²) in [4.78, 5) is 22.4. The van der Waals surface area contributed by atoms with Crippen molar-refractivity contribution in [3.8, 4) is 0 Å². The fourth-order valence-corrected chi connectivity index (χ4v) is 1.71. The van der Waals surface area contributed by atoms with E-state index >= 15 is 0 Å². The first-order chi connectivity index (χ1) is 8.16. The molecular formula is C12H13N3O2. The Hall–Kier alpha value is -2.17. The fourth-order valence-electron chi connectivity index (χ4n) is 1.71. The molecule has 2 N–H and O–H groups in total. The lowest BCUT2D eigenvalue weighted by atomic mass is 10.0. The average Bonchev–Trinajstić information content (AvgIpc) is 2.32. The molecule has 0 bridgehead atoms. The van der Waals surface area contributed by atoms with E-state index in [0.29, 0.717) is 6.42 Å². The molecular weight excluding hydrogens is 218 g/mol. The van der Waals surface area contributed by atoms with Gasteiger partial charge in [0.1, 0.15) is 6.04 Å². The van der Waals surface area contributed by atoms with Gasteiger partial charge in [0.05, 0.1) is 5.71 Å². The van der Waals surface area contributed by atoms with Gasteiger partial charge in [0.15, 0.2) is 0 Å². The number of hydrogen-bond acceptors (Lipinski definition) is 3. The van der Waals surface area contributed by atoms with Crippen molar-refractivity contribution < 1.29 is 9.59 Å². The molecule has 1 aliphatic heterocycles. The van der Waals surface area contributed by atoms with Gasteiger partial charge in [-0.15, -0.1) is 0 Å². The van der Waals surface area contributed by atoms with Gasteiger partial charge in [-0.05, 0) is 5.56 Å². The van der Waals surface area contributed by atoms with Crippen LogP contribution in [-0.2, 0) is 9.59 Å². The summed E-state index contributed by atoms with van der Waals surface area (Å²) >= 11 is 0. The normalized spacial score (nSPS) is 19.2. The fraction of sp³-hybridized carbons (Fsp3) is 0.250. The molecule has 0 aromatic heterocycles. The summed E-state index contributed by atoms with van der Waals surface area (Å²) in [7, 11) is 0. The number of hydrogen-bond donors (Lipinski definition) is 2. The minimum atomic E-state index is -0.541. The molecule has 0 fully saturated rings. The van der Waals surface area contributed by atoms with Crippen LogP contribution in [0.25, 0.3) is 0 Å². The number of carbonyl (C=O) groups excluding carboxylic acids is 2. The van der Waals surface area contributed by atoms with Crippen molar-refractivity contribution in [2.75, 3.05) is 0 Å². The zero-order chi connectivity index (χ0) is 12.3. The Kier molecular flexibility index (Phi) is 3.18. The van der Waals surface area contributed by atoms with E-state index < -0.39 is 6.04 Å². The van der Waals surface area contributed by atoms with Crippen LogP contribution < -0.4 is 10.7 Å². The third-order valence-corrected chi connectivity index (χ3v) is 2.50. The third-order valence-electron chi connectivity index (χ3n) is 2.50. The average molecular weight is 231 g/mol. The SMILES string of the molecule is CC(=O)NC1CC(c2ccccc2)=NNC1=O. The molecule has 5 heteroatoms. The Morgan fingerprint density at radius 3 is 2.76 bits per heavy atom. The van der Waals surface area contributed by atoms with Gasteiger partial charge in [0.2, 0.25) is 5.91 Å². The first-order valence-corrected chi connectivity index (χ1v) is 5.36. The monoisotopic (exact) mass is 231 g/mol. The highest BCUT2D eigenvalue weighted by atomic mass is 16.2. The first-order valence-electron chi connectivity index (χ1n) is 5.36. The molecule has 1 unspecified atom stereocenters. The molecule has 88 valence electrons. The summed E-state index contributed by atoms with van der Waals surface area (Å²) in [5.41, 5.74) is 4.13. The van der Waals surface area contributed by atoms with Crippen molar-refractivity contribution in [2.24, 2.45) is 5.10 Å². The predicted molar refractivity (Wildman–Crippen MR) is 63.3 cm³/mol. The van der Waals surface area contributed by atoms with Crippen LogP contribution in [0.2, 0.25) is 0 Å². The standard InChI is InChI=1S/C12H13N3O2/c1-8(16)13-11-7-10(14-15-12(11)17)9-5-3-2-4-6-9/h2-6,11H,7H2,1H3,(H,13,16)(H,15,17). The molecule has 17 heavy (non-hydrogen) atoms. The number of rotatable bonds is 2. The van der Waals surface area contributed by atoms with Crippen molar-refractivity contribution in [3.63, 3.8) is 0 Å². The van der Waals surface area contributed by atoms with Gasteiger partial charge in [0, 0.05) is 13.3 Å². The Morgan fingerprint density at radius 1 is 1.41 bits per heavy atom. The van der Waals surface area contributed by atoms with E-state index in [1.165, 1.54) is 6.92 Å². The molecule has 1 aromatic rings. The predicted octanol–water partition coefficient (Wildman–Crippen LogP) is 0.415. The summed E-state index contributed by atoms with van der Waals surface area (Å²) in [6, 6.07) is 9.02. The largest absolute Gasteiger partial charge is 0.344 e. The summed E-state index contributed by atoms with van der Waals surface area (Å²) in [5, 5.41) is 6.60. The van der Waals surface area contributed by atoms with Crippen LogP contribution in [0.5, 0.6) is 0 Å². The second-order valence-corrected chi connectivity index (χ2v) is 3.86. The molecule has 1 atom stereocenters. The van der Waals surface area contributed by atoms with Gasteiger partial charge in [-0.25, -0.2) is 5.43 Å². The van der Waals surface area contributed by atoms with Gasteiger partial charge >= 0.3 is 0 Å². The van der Waals surface area contributed by atoms with Crippen LogP contribution >= 0.6 is 0 Å². The maximum Gasteiger partial charge on any atom is 0.263 e. The van der Waals surface area contributed by atoms with E-state index in [4.69, 9.17) is 0 Å². The minimum Gasteiger partial charge on any atom is -0.344 e. The zero-order valence-corrected chi connectivity index (χ0v) is 9.43. The minimum absolute atomic E-state index is 0.223. The molecule has 0 aliphatic carbocycles.